The van der Waals surface area contributed by atoms with E-state index in [0.717, 1.165) is 6.42 Å². The minimum atomic E-state index is -3.46. The van der Waals surface area contributed by atoms with E-state index in [1.165, 1.54) is 0 Å². The molecule has 0 saturated carbocycles. The van der Waals surface area contributed by atoms with Crippen LogP contribution in [0.5, 0.6) is 0 Å². The molecule has 2 N–H and O–H groups in total. The summed E-state index contributed by atoms with van der Waals surface area (Å²) in [7, 11) is -3.46. The summed E-state index contributed by atoms with van der Waals surface area (Å²) in [4.78, 5) is 0.266. The second-order valence-corrected chi connectivity index (χ2v) is 5.99. The Morgan fingerprint density at radius 1 is 1.28 bits per heavy atom. The predicted molar refractivity (Wildman–Crippen MR) is 71.9 cm³/mol. The third-order valence-corrected chi connectivity index (χ3v) is 4.32. The fraction of sp³-hybridized carbons (Fsp3) is 0.538. The molecule has 0 fully saturated rings. The molecule has 0 aliphatic rings. The minimum absolute atomic E-state index is 0.266. The number of benzene rings is 1. The molecule has 1 aromatic carbocycles. The highest BCUT2D eigenvalue weighted by molar-refractivity contribution is 7.89. The van der Waals surface area contributed by atoms with Gasteiger partial charge < -0.3 is 5.11 Å². The first-order valence-corrected chi connectivity index (χ1v) is 7.75. The monoisotopic (exact) mass is 271 g/mol. The van der Waals surface area contributed by atoms with Crippen LogP contribution in [0.4, 0.5) is 0 Å². The van der Waals surface area contributed by atoms with Crippen LogP contribution in [0, 0.1) is 0 Å². The Balaban J connectivity index is 3.00. The number of aliphatic hydroxyl groups excluding tert-OH is 1. The second-order valence-electron chi connectivity index (χ2n) is 4.26. The zero-order valence-corrected chi connectivity index (χ0v) is 11.7. The summed E-state index contributed by atoms with van der Waals surface area (Å²) in [6.45, 7) is 4.09. The van der Waals surface area contributed by atoms with E-state index in [9.17, 15) is 13.5 Å². The van der Waals surface area contributed by atoms with Crippen LogP contribution in [0.2, 0.25) is 0 Å². The molecule has 0 aliphatic heterocycles. The fourth-order valence-electron chi connectivity index (χ4n) is 1.89. The minimum Gasteiger partial charge on any atom is -0.393 e. The SMILES string of the molecule is CCCC(O)Cc1ccccc1S(=O)(=O)NCC. The molecule has 0 heterocycles. The lowest BCUT2D eigenvalue weighted by atomic mass is 10.0. The molecule has 0 saturated heterocycles. The summed E-state index contributed by atoms with van der Waals surface area (Å²) < 4.78 is 26.5. The van der Waals surface area contributed by atoms with Crippen LogP contribution in [-0.2, 0) is 16.4 Å². The quantitative estimate of drug-likeness (QED) is 0.793. The zero-order chi connectivity index (χ0) is 13.6. The first-order valence-electron chi connectivity index (χ1n) is 6.26. The summed E-state index contributed by atoms with van der Waals surface area (Å²) in [5, 5.41) is 9.81. The molecular formula is C13H21NO3S. The summed E-state index contributed by atoms with van der Waals surface area (Å²) in [6.07, 6.45) is 1.43. The van der Waals surface area contributed by atoms with E-state index in [-0.39, 0.29) is 4.90 Å². The van der Waals surface area contributed by atoms with Crippen molar-refractivity contribution < 1.29 is 13.5 Å². The molecule has 1 rings (SSSR count). The highest BCUT2D eigenvalue weighted by Crippen LogP contribution is 2.18. The van der Waals surface area contributed by atoms with Gasteiger partial charge in [0.1, 0.15) is 0 Å². The first kappa shape index (κ1) is 15.1. The molecule has 0 radical (unpaired) electrons. The molecule has 0 bridgehead atoms. The first-order chi connectivity index (χ1) is 8.51. The Morgan fingerprint density at radius 2 is 1.94 bits per heavy atom. The molecule has 0 aromatic heterocycles. The second kappa shape index (κ2) is 6.87. The van der Waals surface area contributed by atoms with Crippen molar-refractivity contribution in [2.24, 2.45) is 0 Å². The molecule has 4 nitrogen and oxygen atoms in total. The van der Waals surface area contributed by atoms with E-state index in [4.69, 9.17) is 0 Å². The molecule has 102 valence electrons. The van der Waals surface area contributed by atoms with Crippen LogP contribution in [0.15, 0.2) is 29.2 Å². The summed E-state index contributed by atoms with van der Waals surface area (Å²) >= 11 is 0. The van der Waals surface area contributed by atoms with E-state index in [0.29, 0.717) is 24.9 Å². The largest absolute Gasteiger partial charge is 0.393 e. The average molecular weight is 271 g/mol. The molecule has 0 amide bonds. The van der Waals surface area contributed by atoms with E-state index in [2.05, 4.69) is 4.72 Å². The Bertz CT molecular complexity index is 471. The van der Waals surface area contributed by atoms with Crippen LogP contribution in [0.25, 0.3) is 0 Å². The Morgan fingerprint density at radius 3 is 2.56 bits per heavy atom. The van der Waals surface area contributed by atoms with Crippen molar-refractivity contribution >= 4 is 10.0 Å². The predicted octanol–water partition coefficient (Wildman–Crippen LogP) is 1.69. The van der Waals surface area contributed by atoms with Gasteiger partial charge in [-0.05, 0) is 24.5 Å². The van der Waals surface area contributed by atoms with E-state index >= 15 is 0 Å². The van der Waals surface area contributed by atoms with Gasteiger partial charge in [0.2, 0.25) is 10.0 Å². The number of rotatable bonds is 7. The summed E-state index contributed by atoms with van der Waals surface area (Å²) in [6, 6.07) is 6.81. The third kappa shape index (κ3) is 4.08. The van der Waals surface area contributed by atoms with E-state index in [1.54, 1.807) is 31.2 Å². The molecule has 5 heteroatoms. The number of hydrogen-bond acceptors (Lipinski definition) is 3. The number of hydrogen-bond donors (Lipinski definition) is 2. The van der Waals surface area contributed by atoms with Gasteiger partial charge in [0.25, 0.3) is 0 Å². The van der Waals surface area contributed by atoms with Crippen molar-refractivity contribution in [1.82, 2.24) is 4.72 Å². The van der Waals surface area contributed by atoms with Crippen molar-refractivity contribution in [3.8, 4) is 0 Å². The Hall–Kier alpha value is -0.910. The van der Waals surface area contributed by atoms with E-state index < -0.39 is 16.1 Å². The van der Waals surface area contributed by atoms with Crippen molar-refractivity contribution in [3.63, 3.8) is 0 Å². The smallest absolute Gasteiger partial charge is 0.240 e. The highest BCUT2D eigenvalue weighted by Gasteiger charge is 2.18. The summed E-state index contributed by atoms with van der Waals surface area (Å²) in [5.74, 6) is 0. The van der Waals surface area contributed by atoms with Crippen molar-refractivity contribution in [3.05, 3.63) is 29.8 Å². The standard InChI is InChI=1S/C13H21NO3S/c1-3-7-12(15)10-11-8-5-6-9-13(11)18(16,17)14-4-2/h5-6,8-9,12,14-15H,3-4,7,10H2,1-2H3. The van der Waals surface area contributed by atoms with Crippen molar-refractivity contribution in [2.45, 2.75) is 44.1 Å². The van der Waals surface area contributed by atoms with Crippen LogP contribution in [0.1, 0.15) is 32.3 Å². The van der Waals surface area contributed by atoms with Gasteiger partial charge in [0, 0.05) is 6.54 Å². The van der Waals surface area contributed by atoms with Crippen LogP contribution >= 0.6 is 0 Å². The molecule has 1 unspecified atom stereocenters. The van der Waals surface area contributed by atoms with Gasteiger partial charge in [-0.25, -0.2) is 13.1 Å². The zero-order valence-electron chi connectivity index (χ0n) is 10.9. The molecule has 0 spiro atoms. The third-order valence-electron chi connectivity index (χ3n) is 2.67. The van der Waals surface area contributed by atoms with Gasteiger partial charge in [-0.2, -0.15) is 0 Å². The normalized spacial score (nSPS) is 13.5. The molecule has 1 atom stereocenters. The lowest BCUT2D eigenvalue weighted by Crippen LogP contribution is -2.25. The summed E-state index contributed by atoms with van der Waals surface area (Å²) in [5.41, 5.74) is 0.666. The number of nitrogens with one attached hydrogen (secondary N) is 1. The number of aliphatic hydroxyl groups is 1. The van der Waals surface area contributed by atoms with Crippen LogP contribution < -0.4 is 4.72 Å². The highest BCUT2D eigenvalue weighted by atomic mass is 32.2. The van der Waals surface area contributed by atoms with Gasteiger partial charge in [-0.15, -0.1) is 0 Å². The Labute approximate surface area is 109 Å². The molecule has 18 heavy (non-hydrogen) atoms. The maximum atomic E-state index is 12.0. The van der Waals surface area contributed by atoms with Crippen LogP contribution in [-0.4, -0.2) is 26.2 Å². The topological polar surface area (TPSA) is 66.4 Å². The van der Waals surface area contributed by atoms with Crippen molar-refractivity contribution in [1.29, 1.82) is 0 Å². The maximum Gasteiger partial charge on any atom is 0.240 e. The van der Waals surface area contributed by atoms with Gasteiger partial charge in [0.05, 0.1) is 11.0 Å². The van der Waals surface area contributed by atoms with Gasteiger partial charge in [0.15, 0.2) is 0 Å². The fourth-order valence-corrected chi connectivity index (χ4v) is 3.18. The lowest BCUT2D eigenvalue weighted by molar-refractivity contribution is 0.163. The van der Waals surface area contributed by atoms with E-state index in [1.807, 2.05) is 6.92 Å². The number of sulfonamides is 1. The molecular weight excluding hydrogens is 250 g/mol. The molecule has 1 aromatic rings. The Kier molecular flexibility index (Phi) is 5.78. The maximum absolute atomic E-state index is 12.0. The molecule has 0 aliphatic carbocycles. The van der Waals surface area contributed by atoms with Gasteiger partial charge >= 0.3 is 0 Å². The van der Waals surface area contributed by atoms with Crippen LogP contribution in [0.3, 0.4) is 0 Å². The van der Waals surface area contributed by atoms with Gasteiger partial charge in [-0.3, -0.25) is 0 Å². The van der Waals surface area contributed by atoms with Gasteiger partial charge in [-0.1, -0.05) is 38.5 Å². The lowest BCUT2D eigenvalue weighted by Gasteiger charge is -2.13. The average Bonchev–Trinajstić information content (AvgIpc) is 2.29. The van der Waals surface area contributed by atoms with Crippen molar-refractivity contribution in [2.75, 3.05) is 6.54 Å².